The van der Waals surface area contributed by atoms with Crippen molar-refractivity contribution in [2.75, 3.05) is 6.61 Å². The average molecular weight is 168 g/mol. The lowest BCUT2D eigenvalue weighted by Gasteiger charge is -2.30. The molecule has 0 aromatic rings. The molecule has 1 unspecified atom stereocenters. The Bertz CT molecular complexity index is 204. The molecule has 2 heteroatoms. The van der Waals surface area contributed by atoms with Crippen LogP contribution in [0.1, 0.15) is 26.7 Å². The lowest BCUT2D eigenvalue weighted by molar-refractivity contribution is -0.110. The Hall–Kier alpha value is -0.630. The minimum absolute atomic E-state index is 0.0207. The number of rotatable bonds is 2. The molecule has 0 amide bonds. The van der Waals surface area contributed by atoms with E-state index in [4.69, 9.17) is 5.11 Å². The molecule has 0 aliphatic heterocycles. The van der Waals surface area contributed by atoms with Crippen LogP contribution < -0.4 is 0 Å². The van der Waals surface area contributed by atoms with Gasteiger partial charge in [0.05, 0.1) is 6.61 Å². The number of hydrogen-bond donors (Lipinski definition) is 1. The maximum Gasteiger partial charge on any atom is 0.127 e. The van der Waals surface area contributed by atoms with Crippen molar-refractivity contribution in [2.45, 2.75) is 26.7 Å². The molecule has 0 aromatic carbocycles. The first kappa shape index (κ1) is 9.46. The number of carbonyl (C=O) groups is 1. The maximum atomic E-state index is 10.6. The number of hydrogen-bond acceptors (Lipinski definition) is 2. The molecule has 12 heavy (non-hydrogen) atoms. The summed E-state index contributed by atoms with van der Waals surface area (Å²) in [5, 5.41) is 9.00. The fourth-order valence-electron chi connectivity index (χ4n) is 1.71. The van der Waals surface area contributed by atoms with Crippen LogP contribution in [0.2, 0.25) is 0 Å². The molecular weight excluding hydrogens is 152 g/mol. The van der Waals surface area contributed by atoms with Gasteiger partial charge in [0.15, 0.2) is 0 Å². The molecule has 1 aliphatic rings. The van der Waals surface area contributed by atoms with Gasteiger partial charge >= 0.3 is 0 Å². The molecule has 0 spiro atoms. The summed E-state index contributed by atoms with van der Waals surface area (Å²) in [4.78, 5) is 10.6. The molecular formula is C10H16O2. The smallest absolute Gasteiger partial charge is 0.127 e. The molecule has 0 heterocycles. The van der Waals surface area contributed by atoms with Crippen molar-refractivity contribution in [3.8, 4) is 0 Å². The Morgan fingerprint density at radius 3 is 2.92 bits per heavy atom. The van der Waals surface area contributed by atoms with Crippen molar-refractivity contribution in [2.24, 2.45) is 11.3 Å². The zero-order valence-electron chi connectivity index (χ0n) is 7.71. The van der Waals surface area contributed by atoms with Crippen molar-refractivity contribution < 1.29 is 9.90 Å². The third kappa shape index (κ3) is 1.95. The summed E-state index contributed by atoms with van der Waals surface area (Å²) in [6.07, 6.45) is 4.88. The summed E-state index contributed by atoms with van der Waals surface area (Å²) < 4.78 is 0. The van der Waals surface area contributed by atoms with Crippen molar-refractivity contribution >= 4 is 6.29 Å². The molecule has 1 N–H and O–H groups in total. The maximum absolute atomic E-state index is 10.6. The van der Waals surface area contributed by atoms with E-state index in [2.05, 4.69) is 13.8 Å². The van der Waals surface area contributed by atoms with Gasteiger partial charge in [-0.25, -0.2) is 0 Å². The van der Waals surface area contributed by atoms with Gasteiger partial charge in [-0.15, -0.1) is 0 Å². The molecule has 68 valence electrons. The van der Waals surface area contributed by atoms with Gasteiger partial charge in [0.25, 0.3) is 0 Å². The van der Waals surface area contributed by atoms with E-state index in [1.54, 1.807) is 0 Å². The summed E-state index contributed by atoms with van der Waals surface area (Å²) in [7, 11) is 0. The first-order chi connectivity index (χ1) is 5.59. The highest BCUT2D eigenvalue weighted by molar-refractivity contribution is 5.59. The van der Waals surface area contributed by atoms with Crippen molar-refractivity contribution in [3.63, 3.8) is 0 Å². The Balaban J connectivity index is 2.83. The van der Waals surface area contributed by atoms with Crippen LogP contribution in [0.4, 0.5) is 0 Å². The van der Waals surface area contributed by atoms with Crippen LogP contribution >= 0.6 is 0 Å². The third-order valence-electron chi connectivity index (χ3n) is 2.50. The molecule has 0 aromatic heterocycles. The number of aliphatic hydroxyl groups excluding tert-OH is 1. The standard InChI is InChI=1S/C10H16O2/c1-10(2)4-3-8(6-11)9(5-10)7-12/h5-6,8,12H,3-4,7H2,1-2H3. The predicted molar refractivity (Wildman–Crippen MR) is 47.7 cm³/mol. The summed E-state index contributed by atoms with van der Waals surface area (Å²) in [5.41, 5.74) is 1.04. The number of aliphatic hydroxyl groups is 1. The van der Waals surface area contributed by atoms with Gasteiger partial charge < -0.3 is 9.90 Å². The van der Waals surface area contributed by atoms with Crippen LogP contribution in [0.15, 0.2) is 11.6 Å². The van der Waals surface area contributed by atoms with Crippen molar-refractivity contribution in [1.82, 2.24) is 0 Å². The zero-order valence-corrected chi connectivity index (χ0v) is 7.71. The van der Waals surface area contributed by atoms with E-state index in [-0.39, 0.29) is 17.9 Å². The highest BCUT2D eigenvalue weighted by atomic mass is 16.3. The summed E-state index contributed by atoms with van der Waals surface area (Å²) in [6, 6.07) is 0. The third-order valence-corrected chi connectivity index (χ3v) is 2.50. The summed E-state index contributed by atoms with van der Waals surface area (Å²) in [6.45, 7) is 4.28. The Morgan fingerprint density at radius 2 is 2.42 bits per heavy atom. The van der Waals surface area contributed by atoms with Gasteiger partial charge in [-0.05, 0) is 23.8 Å². The molecule has 0 fully saturated rings. The first-order valence-corrected chi connectivity index (χ1v) is 4.37. The van der Waals surface area contributed by atoms with E-state index in [0.717, 1.165) is 24.7 Å². The van der Waals surface area contributed by atoms with Crippen LogP contribution in [0.5, 0.6) is 0 Å². The van der Waals surface area contributed by atoms with Crippen molar-refractivity contribution in [1.29, 1.82) is 0 Å². The number of aldehydes is 1. The van der Waals surface area contributed by atoms with E-state index in [0.29, 0.717) is 0 Å². The van der Waals surface area contributed by atoms with Crippen LogP contribution in [0, 0.1) is 11.3 Å². The monoisotopic (exact) mass is 168 g/mol. The highest BCUT2D eigenvalue weighted by Gasteiger charge is 2.26. The fraction of sp³-hybridized carbons (Fsp3) is 0.700. The second-order valence-electron chi connectivity index (χ2n) is 4.15. The van der Waals surface area contributed by atoms with E-state index < -0.39 is 0 Å². The van der Waals surface area contributed by atoms with Crippen LogP contribution in [-0.2, 0) is 4.79 Å². The molecule has 2 nitrogen and oxygen atoms in total. The number of allylic oxidation sites excluding steroid dienone is 1. The second-order valence-corrected chi connectivity index (χ2v) is 4.15. The van der Waals surface area contributed by atoms with E-state index >= 15 is 0 Å². The quantitative estimate of drug-likeness (QED) is 0.501. The average Bonchev–Trinajstić information content (AvgIpc) is 2.03. The lowest BCUT2D eigenvalue weighted by atomic mass is 9.75. The summed E-state index contributed by atoms with van der Waals surface area (Å²) in [5.74, 6) is -0.0389. The topological polar surface area (TPSA) is 37.3 Å². The molecule has 1 atom stereocenters. The molecule has 0 radical (unpaired) electrons. The van der Waals surface area contributed by atoms with Crippen LogP contribution in [-0.4, -0.2) is 18.0 Å². The molecule has 0 saturated carbocycles. The molecule has 1 rings (SSSR count). The zero-order chi connectivity index (χ0) is 9.19. The van der Waals surface area contributed by atoms with Gasteiger partial charge in [-0.1, -0.05) is 19.9 Å². The Labute approximate surface area is 73.3 Å². The Kier molecular flexibility index (Phi) is 2.68. The van der Waals surface area contributed by atoms with Crippen LogP contribution in [0.25, 0.3) is 0 Å². The van der Waals surface area contributed by atoms with Gasteiger partial charge in [0.2, 0.25) is 0 Å². The SMILES string of the molecule is CC1(C)C=C(CO)C(C=O)CC1. The van der Waals surface area contributed by atoms with E-state index in [1.165, 1.54) is 0 Å². The second kappa shape index (κ2) is 3.40. The molecule has 1 aliphatic carbocycles. The van der Waals surface area contributed by atoms with E-state index in [9.17, 15) is 4.79 Å². The van der Waals surface area contributed by atoms with Gasteiger partial charge in [-0.2, -0.15) is 0 Å². The minimum atomic E-state index is -0.0389. The predicted octanol–water partition coefficient (Wildman–Crippen LogP) is 1.54. The largest absolute Gasteiger partial charge is 0.392 e. The van der Waals surface area contributed by atoms with Gasteiger partial charge in [-0.3, -0.25) is 0 Å². The molecule has 0 bridgehead atoms. The van der Waals surface area contributed by atoms with Gasteiger partial charge in [0.1, 0.15) is 6.29 Å². The first-order valence-electron chi connectivity index (χ1n) is 4.37. The fourth-order valence-corrected chi connectivity index (χ4v) is 1.71. The van der Waals surface area contributed by atoms with Crippen LogP contribution in [0.3, 0.4) is 0 Å². The van der Waals surface area contributed by atoms with Gasteiger partial charge in [0, 0.05) is 5.92 Å². The number of carbonyl (C=O) groups excluding carboxylic acids is 1. The molecule has 0 saturated heterocycles. The van der Waals surface area contributed by atoms with E-state index in [1.807, 2.05) is 6.08 Å². The van der Waals surface area contributed by atoms with Crippen molar-refractivity contribution in [3.05, 3.63) is 11.6 Å². The summed E-state index contributed by atoms with van der Waals surface area (Å²) >= 11 is 0. The highest BCUT2D eigenvalue weighted by Crippen LogP contribution is 2.35. The lowest BCUT2D eigenvalue weighted by Crippen LogP contribution is -2.22. The Morgan fingerprint density at radius 1 is 1.75 bits per heavy atom. The minimum Gasteiger partial charge on any atom is -0.392 e. The normalized spacial score (nSPS) is 27.9.